The highest BCUT2D eigenvalue weighted by Crippen LogP contribution is 2.37. The molecule has 76 valence electrons. The summed E-state index contributed by atoms with van der Waals surface area (Å²) in [6.07, 6.45) is -2.04. The van der Waals surface area contributed by atoms with Gasteiger partial charge in [0, 0.05) is 6.20 Å². The first-order chi connectivity index (χ1) is 6.45. The minimum absolute atomic E-state index is 0.336. The molecule has 0 aliphatic carbocycles. The topological polar surface area (TPSA) is 56.0 Å². The quantitative estimate of drug-likeness (QED) is 0.476. The van der Waals surface area contributed by atoms with Crippen molar-refractivity contribution in [3.8, 4) is 0 Å². The summed E-state index contributed by atoms with van der Waals surface area (Å²) in [6, 6.07) is 0. The van der Waals surface area contributed by atoms with Crippen LogP contribution in [0, 0.1) is 10.1 Å². The van der Waals surface area contributed by atoms with Crippen molar-refractivity contribution in [3.63, 3.8) is 0 Å². The van der Waals surface area contributed by atoms with E-state index < -0.39 is 27.8 Å². The van der Waals surface area contributed by atoms with Crippen molar-refractivity contribution in [3.05, 3.63) is 31.5 Å². The Morgan fingerprint density at radius 3 is 2.64 bits per heavy atom. The van der Waals surface area contributed by atoms with Crippen LogP contribution in [-0.2, 0) is 0 Å². The molecular weight excluding hydrogens is 285 g/mol. The van der Waals surface area contributed by atoms with E-state index in [4.69, 9.17) is 11.6 Å². The van der Waals surface area contributed by atoms with E-state index in [0.29, 0.717) is 0 Å². The van der Waals surface area contributed by atoms with Crippen molar-refractivity contribution < 1.29 is 13.7 Å². The molecule has 0 spiro atoms. The normalized spacial score (nSPS) is 10.6. The van der Waals surface area contributed by atoms with E-state index in [0.717, 1.165) is 6.20 Å². The maximum atomic E-state index is 12.3. The maximum Gasteiger partial charge on any atom is 0.321 e. The molecule has 0 saturated carbocycles. The summed E-state index contributed by atoms with van der Waals surface area (Å²) in [5, 5.41) is 10.00. The van der Waals surface area contributed by atoms with Gasteiger partial charge in [-0.25, -0.2) is 13.8 Å². The van der Waals surface area contributed by atoms with Gasteiger partial charge < -0.3 is 0 Å². The van der Waals surface area contributed by atoms with E-state index in [1.54, 1.807) is 0 Å². The molecule has 8 heteroatoms. The van der Waals surface area contributed by atoms with Crippen molar-refractivity contribution in [2.45, 2.75) is 6.43 Å². The highest BCUT2D eigenvalue weighted by atomic mass is 79.9. The fourth-order valence-corrected chi connectivity index (χ4v) is 1.71. The van der Waals surface area contributed by atoms with E-state index in [-0.39, 0.29) is 4.47 Å². The van der Waals surface area contributed by atoms with Crippen molar-refractivity contribution in [1.82, 2.24) is 4.98 Å². The summed E-state index contributed by atoms with van der Waals surface area (Å²) < 4.78 is 24.2. The molecule has 0 bridgehead atoms. The Bertz CT molecular complexity index is 388. The van der Waals surface area contributed by atoms with Gasteiger partial charge in [-0.3, -0.25) is 10.1 Å². The first-order valence-corrected chi connectivity index (χ1v) is 4.38. The van der Waals surface area contributed by atoms with Gasteiger partial charge in [-0.1, -0.05) is 11.6 Å². The molecule has 1 aromatic rings. The molecule has 1 aromatic heterocycles. The van der Waals surface area contributed by atoms with E-state index in [1.165, 1.54) is 0 Å². The molecule has 1 rings (SSSR count). The molecule has 0 aliphatic rings. The Morgan fingerprint density at radius 1 is 1.64 bits per heavy atom. The van der Waals surface area contributed by atoms with Gasteiger partial charge in [0.05, 0.1) is 10.5 Å². The van der Waals surface area contributed by atoms with Crippen LogP contribution in [0.25, 0.3) is 0 Å². The van der Waals surface area contributed by atoms with Crippen molar-refractivity contribution in [2.24, 2.45) is 0 Å². The summed E-state index contributed by atoms with van der Waals surface area (Å²) in [5.41, 5.74) is -1.20. The smallest absolute Gasteiger partial charge is 0.258 e. The highest BCUT2D eigenvalue weighted by molar-refractivity contribution is 9.10. The van der Waals surface area contributed by atoms with Crippen LogP contribution in [0.5, 0.6) is 0 Å². The van der Waals surface area contributed by atoms with Gasteiger partial charge in [-0.15, -0.1) is 0 Å². The molecule has 0 N–H and O–H groups in total. The van der Waals surface area contributed by atoms with Gasteiger partial charge in [0.15, 0.2) is 0 Å². The molecule has 0 amide bonds. The summed E-state index contributed by atoms with van der Waals surface area (Å²) in [6.45, 7) is 0. The van der Waals surface area contributed by atoms with Crippen LogP contribution in [0.15, 0.2) is 10.7 Å². The molecule has 0 atom stereocenters. The summed E-state index contributed by atoms with van der Waals surface area (Å²) >= 11 is 8.06. The third-order valence-corrected chi connectivity index (χ3v) is 2.50. The van der Waals surface area contributed by atoms with Crippen LogP contribution in [0.2, 0.25) is 5.15 Å². The van der Waals surface area contributed by atoms with Gasteiger partial charge in [-0.2, -0.15) is 0 Å². The van der Waals surface area contributed by atoms with E-state index in [9.17, 15) is 18.9 Å². The second-order valence-electron chi connectivity index (χ2n) is 2.22. The number of nitro groups is 1. The molecule has 14 heavy (non-hydrogen) atoms. The van der Waals surface area contributed by atoms with Crippen molar-refractivity contribution in [1.29, 1.82) is 0 Å². The third kappa shape index (κ3) is 1.98. The Morgan fingerprint density at radius 2 is 2.21 bits per heavy atom. The molecular formula is C6H2BrClF2N2O2. The Kier molecular flexibility index (Phi) is 3.33. The van der Waals surface area contributed by atoms with Crippen LogP contribution >= 0.6 is 27.5 Å². The lowest BCUT2D eigenvalue weighted by Gasteiger charge is -2.03. The highest BCUT2D eigenvalue weighted by Gasteiger charge is 2.25. The number of nitrogens with zero attached hydrogens (tertiary/aromatic N) is 2. The number of hydrogen-bond acceptors (Lipinski definition) is 3. The Labute approximate surface area is 90.2 Å². The molecule has 1 heterocycles. The largest absolute Gasteiger partial charge is 0.321 e. The lowest BCUT2D eigenvalue weighted by molar-refractivity contribution is -0.386. The lowest BCUT2D eigenvalue weighted by atomic mass is 10.3. The van der Waals surface area contributed by atoms with E-state index in [1.807, 2.05) is 0 Å². The average Bonchev–Trinajstić information content (AvgIpc) is 2.02. The number of pyridine rings is 1. The third-order valence-electron chi connectivity index (χ3n) is 1.39. The predicted molar refractivity (Wildman–Crippen MR) is 48.6 cm³/mol. The zero-order valence-corrected chi connectivity index (χ0v) is 8.72. The second-order valence-corrected chi connectivity index (χ2v) is 3.38. The second kappa shape index (κ2) is 4.14. The van der Waals surface area contributed by atoms with Gasteiger partial charge in [-0.05, 0) is 15.9 Å². The SMILES string of the molecule is O=[N+]([O-])c1c(Cl)ncc(C(F)F)c1Br. The predicted octanol–water partition coefficient (Wildman–Crippen LogP) is 3.34. The zero-order valence-electron chi connectivity index (χ0n) is 6.38. The average molecular weight is 287 g/mol. The maximum absolute atomic E-state index is 12.3. The number of alkyl halides is 2. The Balaban J connectivity index is 3.41. The molecule has 0 fully saturated rings. The lowest BCUT2D eigenvalue weighted by Crippen LogP contribution is -1.97. The van der Waals surface area contributed by atoms with Gasteiger partial charge in [0.2, 0.25) is 5.15 Å². The van der Waals surface area contributed by atoms with Crippen molar-refractivity contribution in [2.75, 3.05) is 0 Å². The van der Waals surface area contributed by atoms with Gasteiger partial charge in [0.1, 0.15) is 4.47 Å². The number of halogens is 4. The molecule has 0 aliphatic heterocycles. The summed E-state index contributed by atoms with van der Waals surface area (Å²) in [5.74, 6) is 0. The first kappa shape index (κ1) is 11.3. The molecule has 0 radical (unpaired) electrons. The Hall–Kier alpha value is -0.820. The van der Waals surface area contributed by atoms with Crippen LogP contribution in [0.4, 0.5) is 14.5 Å². The fourth-order valence-electron chi connectivity index (χ4n) is 0.779. The zero-order chi connectivity index (χ0) is 10.9. The molecule has 0 aromatic carbocycles. The van der Waals surface area contributed by atoms with E-state index in [2.05, 4.69) is 20.9 Å². The molecule has 4 nitrogen and oxygen atoms in total. The van der Waals surface area contributed by atoms with Crippen molar-refractivity contribution >= 4 is 33.2 Å². The first-order valence-electron chi connectivity index (χ1n) is 3.21. The number of hydrogen-bond donors (Lipinski definition) is 0. The van der Waals surface area contributed by atoms with Gasteiger partial charge in [0.25, 0.3) is 6.43 Å². The van der Waals surface area contributed by atoms with Gasteiger partial charge >= 0.3 is 5.69 Å². The molecule has 0 saturated heterocycles. The van der Waals surface area contributed by atoms with Crippen LogP contribution < -0.4 is 0 Å². The van der Waals surface area contributed by atoms with E-state index >= 15 is 0 Å². The monoisotopic (exact) mass is 286 g/mol. The van der Waals surface area contributed by atoms with Crippen LogP contribution in [0.1, 0.15) is 12.0 Å². The molecule has 0 unspecified atom stereocenters. The summed E-state index contributed by atoms with van der Waals surface area (Å²) in [4.78, 5) is 12.9. The van der Waals surface area contributed by atoms with Crippen LogP contribution in [-0.4, -0.2) is 9.91 Å². The summed E-state index contributed by atoms with van der Waals surface area (Å²) in [7, 11) is 0. The standard InChI is InChI=1S/C6H2BrClF2N2O2/c7-3-2(6(9)10)1-11-5(8)4(3)12(13)14/h1,6H. The van der Waals surface area contributed by atoms with Crippen LogP contribution in [0.3, 0.4) is 0 Å². The fraction of sp³-hybridized carbons (Fsp3) is 0.167. The minimum atomic E-state index is -2.84. The number of aromatic nitrogens is 1. The minimum Gasteiger partial charge on any atom is -0.258 e. The number of rotatable bonds is 2.